The number of aromatic nitrogens is 6. The normalized spacial score (nSPS) is 14.8. The van der Waals surface area contributed by atoms with Gasteiger partial charge in [-0.15, -0.1) is 5.10 Å². The largest absolute Gasteiger partial charge is 0.356 e. The van der Waals surface area contributed by atoms with Crippen LogP contribution in [-0.2, 0) is 7.05 Å². The zero-order valence-electron chi connectivity index (χ0n) is 15.3. The van der Waals surface area contributed by atoms with Crippen LogP contribution >= 0.6 is 0 Å². The van der Waals surface area contributed by atoms with Gasteiger partial charge in [-0.3, -0.25) is 0 Å². The van der Waals surface area contributed by atoms with E-state index in [-0.39, 0.29) is 0 Å². The van der Waals surface area contributed by atoms with E-state index in [1.165, 1.54) is 19.3 Å². The van der Waals surface area contributed by atoms with Gasteiger partial charge in [-0.1, -0.05) is 35.5 Å². The lowest BCUT2D eigenvalue weighted by Gasteiger charge is -2.28. The van der Waals surface area contributed by atoms with Gasteiger partial charge in [-0.05, 0) is 25.3 Å². The first-order valence-electron chi connectivity index (χ1n) is 9.36. The molecule has 7 nitrogen and oxygen atoms in total. The van der Waals surface area contributed by atoms with Gasteiger partial charge in [0.05, 0.1) is 11.6 Å². The first-order valence-corrected chi connectivity index (χ1v) is 9.36. The van der Waals surface area contributed by atoms with Gasteiger partial charge in [-0.2, -0.15) is 14.6 Å². The number of fused-ring (bicyclic) bond motifs is 1. The van der Waals surface area contributed by atoms with Crippen LogP contribution in [0.5, 0.6) is 0 Å². The summed E-state index contributed by atoms with van der Waals surface area (Å²) >= 11 is 0. The van der Waals surface area contributed by atoms with Crippen LogP contribution < -0.4 is 4.90 Å². The SMILES string of the molecule is Cn1ccc2c(N3CCCCC3)nc(-n3cc(-c4ccccc4)nn3)nc21. The minimum absolute atomic E-state index is 0.555. The lowest BCUT2D eigenvalue weighted by atomic mass is 10.1. The van der Waals surface area contributed by atoms with Crippen LogP contribution in [0.4, 0.5) is 5.82 Å². The van der Waals surface area contributed by atoms with Crippen LogP contribution in [0.15, 0.2) is 48.8 Å². The van der Waals surface area contributed by atoms with Gasteiger partial charge in [0.2, 0.25) is 0 Å². The molecule has 5 rings (SSSR count). The summed E-state index contributed by atoms with van der Waals surface area (Å²) in [4.78, 5) is 12.0. The number of benzene rings is 1. The van der Waals surface area contributed by atoms with E-state index in [1.54, 1.807) is 4.68 Å². The molecule has 3 aromatic heterocycles. The van der Waals surface area contributed by atoms with Gasteiger partial charge in [0, 0.05) is 31.9 Å². The van der Waals surface area contributed by atoms with Gasteiger partial charge in [0.25, 0.3) is 5.95 Å². The summed E-state index contributed by atoms with van der Waals surface area (Å²) in [6.45, 7) is 2.07. The fourth-order valence-corrected chi connectivity index (χ4v) is 3.66. The molecule has 0 spiro atoms. The molecule has 7 heteroatoms. The highest BCUT2D eigenvalue weighted by Gasteiger charge is 2.19. The van der Waals surface area contributed by atoms with Crippen molar-refractivity contribution in [2.75, 3.05) is 18.0 Å². The van der Waals surface area contributed by atoms with E-state index in [0.29, 0.717) is 5.95 Å². The van der Waals surface area contributed by atoms with Crippen LogP contribution in [0.2, 0.25) is 0 Å². The zero-order chi connectivity index (χ0) is 18.2. The van der Waals surface area contributed by atoms with Gasteiger partial charge in [0.1, 0.15) is 17.2 Å². The van der Waals surface area contributed by atoms with Crippen molar-refractivity contribution in [2.45, 2.75) is 19.3 Å². The highest BCUT2D eigenvalue weighted by Crippen LogP contribution is 2.28. The summed E-state index contributed by atoms with van der Waals surface area (Å²) in [5.74, 6) is 1.55. The van der Waals surface area contributed by atoms with Crippen molar-refractivity contribution in [1.29, 1.82) is 0 Å². The van der Waals surface area contributed by atoms with E-state index >= 15 is 0 Å². The minimum atomic E-state index is 0.555. The maximum Gasteiger partial charge on any atom is 0.256 e. The molecule has 0 radical (unpaired) electrons. The molecule has 1 aliphatic rings. The summed E-state index contributed by atoms with van der Waals surface area (Å²) in [5.41, 5.74) is 2.75. The molecule has 1 aliphatic heterocycles. The Morgan fingerprint density at radius 3 is 2.56 bits per heavy atom. The second-order valence-corrected chi connectivity index (χ2v) is 6.97. The Hall–Kier alpha value is -3.22. The first-order chi connectivity index (χ1) is 13.3. The Kier molecular flexibility index (Phi) is 3.85. The molecule has 0 unspecified atom stereocenters. The molecule has 4 aromatic rings. The number of anilines is 1. The van der Waals surface area contributed by atoms with E-state index in [1.807, 2.05) is 54.3 Å². The van der Waals surface area contributed by atoms with Crippen molar-refractivity contribution in [1.82, 2.24) is 29.5 Å². The third-order valence-corrected chi connectivity index (χ3v) is 5.12. The van der Waals surface area contributed by atoms with Crippen LogP contribution in [0.3, 0.4) is 0 Å². The molecule has 0 atom stereocenters. The van der Waals surface area contributed by atoms with E-state index < -0.39 is 0 Å². The Morgan fingerprint density at radius 1 is 0.926 bits per heavy atom. The van der Waals surface area contributed by atoms with Gasteiger partial charge in [-0.25, -0.2) is 0 Å². The number of hydrogen-bond acceptors (Lipinski definition) is 5. The van der Waals surface area contributed by atoms with Crippen molar-refractivity contribution in [3.63, 3.8) is 0 Å². The number of piperidine rings is 1. The van der Waals surface area contributed by atoms with Gasteiger partial charge >= 0.3 is 0 Å². The third-order valence-electron chi connectivity index (χ3n) is 5.12. The monoisotopic (exact) mass is 359 g/mol. The van der Waals surface area contributed by atoms with Crippen LogP contribution in [0, 0.1) is 0 Å². The highest BCUT2D eigenvalue weighted by molar-refractivity contribution is 5.88. The van der Waals surface area contributed by atoms with E-state index in [2.05, 4.69) is 21.3 Å². The second-order valence-electron chi connectivity index (χ2n) is 6.97. The van der Waals surface area contributed by atoms with E-state index in [4.69, 9.17) is 9.97 Å². The average Bonchev–Trinajstić information content (AvgIpc) is 3.36. The summed E-state index contributed by atoms with van der Waals surface area (Å²) < 4.78 is 3.70. The molecule has 0 N–H and O–H groups in total. The molecule has 1 saturated heterocycles. The number of aryl methyl sites for hydroxylation is 1. The van der Waals surface area contributed by atoms with E-state index in [9.17, 15) is 0 Å². The lowest BCUT2D eigenvalue weighted by molar-refractivity contribution is 0.573. The van der Waals surface area contributed by atoms with Crippen molar-refractivity contribution in [2.24, 2.45) is 7.05 Å². The molecule has 4 heterocycles. The predicted octanol–water partition coefficient (Wildman–Crippen LogP) is 3.21. The standard InChI is InChI=1S/C20H21N7/c1-25-13-10-16-18(25)21-20(22-19(16)26-11-6-3-7-12-26)27-14-17(23-24-27)15-8-4-2-5-9-15/h2,4-5,8-10,13-14H,3,6-7,11-12H2,1H3. The van der Waals surface area contributed by atoms with Gasteiger partial charge in [0.15, 0.2) is 0 Å². The molecule has 0 saturated carbocycles. The molecular formula is C20H21N7. The van der Waals surface area contributed by atoms with Crippen molar-refractivity contribution in [3.05, 3.63) is 48.8 Å². The average molecular weight is 359 g/mol. The number of nitrogens with zero attached hydrogens (tertiary/aromatic N) is 7. The Bertz CT molecular complexity index is 1070. The molecule has 27 heavy (non-hydrogen) atoms. The zero-order valence-corrected chi connectivity index (χ0v) is 15.3. The second kappa shape index (κ2) is 6.50. The Morgan fingerprint density at radius 2 is 1.74 bits per heavy atom. The van der Waals surface area contributed by atoms with Crippen LogP contribution in [0.1, 0.15) is 19.3 Å². The fraction of sp³-hybridized carbons (Fsp3) is 0.300. The molecule has 0 bridgehead atoms. The molecule has 0 amide bonds. The lowest BCUT2D eigenvalue weighted by Crippen LogP contribution is -2.30. The Labute approximate surface area is 157 Å². The van der Waals surface area contributed by atoms with E-state index in [0.717, 1.165) is 41.2 Å². The summed E-state index contributed by atoms with van der Waals surface area (Å²) in [6, 6.07) is 12.1. The molecule has 1 aromatic carbocycles. The van der Waals surface area contributed by atoms with Crippen LogP contribution in [-0.4, -0.2) is 42.6 Å². The topological polar surface area (TPSA) is 64.7 Å². The molecule has 0 aliphatic carbocycles. The Balaban J connectivity index is 1.61. The van der Waals surface area contributed by atoms with Crippen molar-refractivity contribution in [3.8, 4) is 17.2 Å². The maximum absolute atomic E-state index is 4.88. The highest BCUT2D eigenvalue weighted by atomic mass is 15.5. The smallest absolute Gasteiger partial charge is 0.256 e. The number of rotatable bonds is 3. The third kappa shape index (κ3) is 2.85. The molecule has 1 fully saturated rings. The molecule has 136 valence electrons. The fourth-order valence-electron chi connectivity index (χ4n) is 3.66. The van der Waals surface area contributed by atoms with Crippen LogP contribution in [0.25, 0.3) is 28.2 Å². The summed E-state index contributed by atoms with van der Waals surface area (Å²) in [7, 11) is 2.01. The maximum atomic E-state index is 4.88. The summed E-state index contributed by atoms with van der Waals surface area (Å²) in [5, 5.41) is 9.68. The quantitative estimate of drug-likeness (QED) is 0.562. The van der Waals surface area contributed by atoms with Crippen molar-refractivity contribution < 1.29 is 0 Å². The van der Waals surface area contributed by atoms with Gasteiger partial charge < -0.3 is 9.47 Å². The molecular weight excluding hydrogens is 338 g/mol. The first kappa shape index (κ1) is 16.0. The predicted molar refractivity (Wildman–Crippen MR) is 105 cm³/mol. The van der Waals surface area contributed by atoms with Crippen molar-refractivity contribution >= 4 is 16.9 Å². The number of hydrogen-bond donors (Lipinski definition) is 0. The summed E-state index contributed by atoms with van der Waals surface area (Å²) in [6.07, 6.45) is 7.62. The minimum Gasteiger partial charge on any atom is -0.356 e.